The predicted molar refractivity (Wildman–Crippen MR) is 109 cm³/mol. The number of thioether (sulfide) groups is 1. The monoisotopic (exact) mass is 397 g/mol. The summed E-state index contributed by atoms with van der Waals surface area (Å²) in [4.78, 5) is 23.3. The van der Waals surface area contributed by atoms with Crippen molar-refractivity contribution in [1.82, 2.24) is 26.1 Å². The molecule has 9 heteroatoms. The smallest absolute Gasteiger partial charge is 0.248 e. The molecule has 136 valence electrons. The summed E-state index contributed by atoms with van der Waals surface area (Å²) in [7, 11) is 0. The number of fused-ring (bicyclic) bond motifs is 1. The van der Waals surface area contributed by atoms with Crippen LogP contribution in [0.25, 0.3) is 10.2 Å². The molecule has 0 fully saturated rings. The number of carbonyl (C=O) groups excluding carboxylic acids is 1. The highest BCUT2D eigenvalue weighted by molar-refractivity contribution is 8.00. The average molecular weight is 398 g/mol. The Morgan fingerprint density at radius 1 is 1.20 bits per heavy atom. The van der Waals surface area contributed by atoms with E-state index in [4.69, 9.17) is 12.2 Å². The van der Waals surface area contributed by atoms with Gasteiger partial charge in [-0.3, -0.25) is 15.6 Å². The second-order valence-electron chi connectivity index (χ2n) is 6.71. The van der Waals surface area contributed by atoms with Crippen LogP contribution in [0.1, 0.15) is 37.0 Å². The molecule has 2 heterocycles. The van der Waals surface area contributed by atoms with Gasteiger partial charge >= 0.3 is 0 Å². The SMILES string of the molecule is Cc1nc(SCC(=O)NNC(=S)NC(C)(C)C)c2c(C)c(C)sc2n1. The number of aromatic nitrogens is 2. The molecule has 0 aliphatic carbocycles. The normalized spacial score (nSPS) is 11.4. The van der Waals surface area contributed by atoms with Crippen LogP contribution < -0.4 is 16.2 Å². The molecule has 2 rings (SSSR count). The van der Waals surface area contributed by atoms with Gasteiger partial charge in [-0.25, -0.2) is 9.97 Å². The number of carbonyl (C=O) groups is 1. The van der Waals surface area contributed by atoms with Crippen LogP contribution in [0.5, 0.6) is 0 Å². The third-order valence-corrected chi connectivity index (χ3v) is 5.53. The second-order valence-corrected chi connectivity index (χ2v) is 9.28. The number of hydrogen-bond donors (Lipinski definition) is 3. The van der Waals surface area contributed by atoms with E-state index >= 15 is 0 Å². The maximum Gasteiger partial charge on any atom is 0.248 e. The highest BCUT2D eigenvalue weighted by atomic mass is 32.2. The van der Waals surface area contributed by atoms with Crippen molar-refractivity contribution in [3.63, 3.8) is 0 Å². The second kappa shape index (κ2) is 7.84. The fourth-order valence-electron chi connectivity index (χ4n) is 2.09. The van der Waals surface area contributed by atoms with Gasteiger partial charge in [-0.15, -0.1) is 11.3 Å². The number of hydrazine groups is 1. The lowest BCUT2D eigenvalue weighted by Gasteiger charge is -2.23. The van der Waals surface area contributed by atoms with Gasteiger partial charge in [-0.2, -0.15) is 0 Å². The number of thiophene rings is 1. The largest absolute Gasteiger partial charge is 0.357 e. The first-order valence-electron chi connectivity index (χ1n) is 7.81. The lowest BCUT2D eigenvalue weighted by molar-refractivity contribution is -0.119. The minimum atomic E-state index is -0.169. The Labute approximate surface area is 161 Å². The average Bonchev–Trinajstić information content (AvgIpc) is 2.75. The number of nitrogens with zero attached hydrogens (tertiary/aromatic N) is 2. The van der Waals surface area contributed by atoms with E-state index in [1.807, 2.05) is 27.7 Å². The first kappa shape index (κ1) is 19.9. The van der Waals surface area contributed by atoms with E-state index < -0.39 is 0 Å². The molecule has 1 amide bonds. The summed E-state index contributed by atoms with van der Waals surface area (Å²) in [6, 6.07) is 0. The van der Waals surface area contributed by atoms with Crippen LogP contribution in [0.2, 0.25) is 0 Å². The quantitative estimate of drug-likeness (QED) is 0.318. The zero-order valence-electron chi connectivity index (χ0n) is 15.2. The molecule has 0 saturated carbocycles. The minimum absolute atomic E-state index is 0.165. The summed E-state index contributed by atoms with van der Waals surface area (Å²) in [6.45, 7) is 12.0. The van der Waals surface area contributed by atoms with Crippen LogP contribution in [-0.4, -0.2) is 32.3 Å². The molecule has 0 bridgehead atoms. The fraction of sp³-hybridized carbons (Fsp3) is 0.500. The minimum Gasteiger partial charge on any atom is -0.357 e. The first-order chi connectivity index (χ1) is 11.6. The van der Waals surface area contributed by atoms with E-state index in [0.717, 1.165) is 15.2 Å². The van der Waals surface area contributed by atoms with Crippen molar-refractivity contribution in [3.8, 4) is 0 Å². The molecule has 0 unspecified atom stereocenters. The van der Waals surface area contributed by atoms with Crippen molar-refractivity contribution in [2.45, 2.75) is 52.1 Å². The van der Waals surface area contributed by atoms with Gasteiger partial charge in [0, 0.05) is 15.8 Å². The topological polar surface area (TPSA) is 78.9 Å². The number of thiocarbonyl (C=S) groups is 1. The molecule has 6 nitrogen and oxygen atoms in total. The van der Waals surface area contributed by atoms with E-state index in [2.05, 4.69) is 40.0 Å². The van der Waals surface area contributed by atoms with E-state index in [1.54, 1.807) is 11.3 Å². The predicted octanol–water partition coefficient (Wildman–Crippen LogP) is 3.00. The Balaban J connectivity index is 1.98. The van der Waals surface area contributed by atoms with Crippen LogP contribution >= 0.6 is 35.3 Å². The van der Waals surface area contributed by atoms with Gasteiger partial charge in [0.05, 0.1) is 5.75 Å². The van der Waals surface area contributed by atoms with Crippen molar-refractivity contribution >= 4 is 56.6 Å². The molecule has 25 heavy (non-hydrogen) atoms. The molecule has 3 N–H and O–H groups in total. The number of aryl methyl sites for hydroxylation is 3. The van der Waals surface area contributed by atoms with Crippen LogP contribution in [0.4, 0.5) is 0 Å². The number of rotatable bonds is 3. The highest BCUT2D eigenvalue weighted by Crippen LogP contribution is 2.34. The van der Waals surface area contributed by atoms with Crippen LogP contribution in [0.15, 0.2) is 5.03 Å². The third kappa shape index (κ3) is 5.52. The Morgan fingerprint density at radius 2 is 1.88 bits per heavy atom. The van der Waals surface area contributed by atoms with Crippen molar-refractivity contribution in [2.75, 3.05) is 5.75 Å². The van der Waals surface area contributed by atoms with Crippen LogP contribution in [0, 0.1) is 20.8 Å². The number of nitrogens with one attached hydrogen (secondary N) is 3. The van der Waals surface area contributed by atoms with Gasteiger partial charge in [0.25, 0.3) is 0 Å². The van der Waals surface area contributed by atoms with Crippen molar-refractivity contribution in [2.24, 2.45) is 0 Å². The zero-order valence-corrected chi connectivity index (χ0v) is 17.7. The molecule has 2 aromatic rings. The highest BCUT2D eigenvalue weighted by Gasteiger charge is 2.15. The van der Waals surface area contributed by atoms with Gasteiger partial charge in [-0.1, -0.05) is 11.8 Å². The lowest BCUT2D eigenvalue weighted by atomic mass is 10.1. The summed E-state index contributed by atoms with van der Waals surface area (Å²) in [5.74, 6) is 0.785. The maximum atomic E-state index is 12.1. The summed E-state index contributed by atoms with van der Waals surface area (Å²) < 4.78 is 0. The summed E-state index contributed by atoms with van der Waals surface area (Å²) >= 11 is 8.20. The third-order valence-electron chi connectivity index (χ3n) is 3.25. The van der Waals surface area contributed by atoms with E-state index in [1.165, 1.54) is 22.2 Å². The Hall–Kier alpha value is -1.45. The molecule has 0 radical (unpaired) electrons. The van der Waals surface area contributed by atoms with Crippen molar-refractivity contribution in [3.05, 3.63) is 16.3 Å². The molecule has 0 saturated heterocycles. The van der Waals surface area contributed by atoms with Crippen LogP contribution in [0.3, 0.4) is 0 Å². The molecule has 0 spiro atoms. The number of amides is 1. The molecule has 0 atom stereocenters. The lowest BCUT2D eigenvalue weighted by Crippen LogP contribution is -2.52. The maximum absolute atomic E-state index is 12.1. The summed E-state index contributed by atoms with van der Waals surface area (Å²) in [6.07, 6.45) is 0. The number of hydrogen-bond acceptors (Lipinski definition) is 6. The van der Waals surface area contributed by atoms with E-state index in [0.29, 0.717) is 10.9 Å². The standard InChI is InChI=1S/C16H23N5OS3/c1-8-9(2)25-14-12(8)13(17-10(3)18-14)24-7-11(22)20-21-15(23)19-16(4,5)6/h7H2,1-6H3,(H,20,22)(H2,19,21,23). The van der Waals surface area contributed by atoms with Crippen molar-refractivity contribution < 1.29 is 4.79 Å². The molecule has 0 aliphatic heterocycles. The van der Waals surface area contributed by atoms with E-state index in [-0.39, 0.29) is 17.2 Å². The van der Waals surface area contributed by atoms with Crippen molar-refractivity contribution in [1.29, 1.82) is 0 Å². The Kier molecular flexibility index (Phi) is 6.23. The molecule has 0 aliphatic rings. The van der Waals surface area contributed by atoms with Gasteiger partial charge in [0.15, 0.2) is 5.11 Å². The molecule has 0 aromatic carbocycles. The summed E-state index contributed by atoms with van der Waals surface area (Å²) in [5, 5.41) is 5.34. The van der Waals surface area contributed by atoms with Gasteiger partial charge in [0.1, 0.15) is 15.7 Å². The van der Waals surface area contributed by atoms with Gasteiger partial charge < -0.3 is 5.32 Å². The first-order valence-corrected chi connectivity index (χ1v) is 10.0. The molecule has 2 aromatic heterocycles. The van der Waals surface area contributed by atoms with E-state index in [9.17, 15) is 4.79 Å². The Morgan fingerprint density at radius 3 is 2.52 bits per heavy atom. The Bertz CT molecular complexity index is 810. The molecular weight excluding hydrogens is 374 g/mol. The zero-order chi connectivity index (χ0) is 18.8. The van der Waals surface area contributed by atoms with Gasteiger partial charge in [0.2, 0.25) is 5.91 Å². The summed E-state index contributed by atoms with van der Waals surface area (Å²) in [5.41, 5.74) is 6.33. The van der Waals surface area contributed by atoms with Gasteiger partial charge in [-0.05, 0) is 59.3 Å². The fourth-order valence-corrected chi connectivity index (χ4v) is 4.51. The van der Waals surface area contributed by atoms with Crippen LogP contribution in [-0.2, 0) is 4.79 Å². The molecular formula is C16H23N5OS3.